The summed E-state index contributed by atoms with van der Waals surface area (Å²) in [4.78, 5) is 30.7. The van der Waals surface area contributed by atoms with E-state index in [1.54, 1.807) is 13.0 Å². The molecule has 0 saturated heterocycles. The molecule has 0 aliphatic heterocycles. The molecule has 2 aromatic heterocycles. The number of anilines is 1. The summed E-state index contributed by atoms with van der Waals surface area (Å²) in [7, 11) is 0. The first-order valence-electron chi connectivity index (χ1n) is 6.97. The van der Waals surface area contributed by atoms with Crippen LogP contribution in [0.4, 0.5) is 10.1 Å². The zero-order valence-corrected chi connectivity index (χ0v) is 13.4. The summed E-state index contributed by atoms with van der Waals surface area (Å²) in [6, 6.07) is 7.23. The third kappa shape index (κ3) is 3.14. The van der Waals surface area contributed by atoms with Crippen LogP contribution in [0.25, 0.3) is 10.2 Å². The van der Waals surface area contributed by atoms with E-state index < -0.39 is 0 Å². The molecule has 0 spiro atoms. The highest BCUT2D eigenvalue weighted by atomic mass is 32.1. The standard InChI is InChI=1S/C16H14FN3O2S/c1-9-7-13-15(23-9)18-10(2)20(16(13)22)8-14(21)19-12-5-3-11(17)4-6-12/h3-7H,8H2,1-2H3,(H,19,21). The molecule has 0 atom stereocenters. The number of carbonyl (C=O) groups is 1. The van der Waals surface area contributed by atoms with Crippen molar-refractivity contribution >= 4 is 33.1 Å². The number of hydrogen-bond acceptors (Lipinski definition) is 4. The molecular weight excluding hydrogens is 317 g/mol. The highest BCUT2D eigenvalue weighted by Gasteiger charge is 2.13. The lowest BCUT2D eigenvalue weighted by Gasteiger charge is -2.10. The minimum Gasteiger partial charge on any atom is -0.325 e. The van der Waals surface area contributed by atoms with Gasteiger partial charge in [0.25, 0.3) is 5.56 Å². The first kappa shape index (κ1) is 15.4. The first-order chi connectivity index (χ1) is 10.9. The van der Waals surface area contributed by atoms with E-state index >= 15 is 0 Å². The van der Waals surface area contributed by atoms with Gasteiger partial charge in [-0.15, -0.1) is 11.3 Å². The SMILES string of the molecule is Cc1cc2c(=O)n(CC(=O)Nc3ccc(F)cc3)c(C)nc2s1. The Bertz CT molecular complexity index is 944. The number of aromatic nitrogens is 2. The number of benzene rings is 1. The summed E-state index contributed by atoms with van der Waals surface area (Å²) in [6.45, 7) is 3.47. The molecule has 3 aromatic rings. The van der Waals surface area contributed by atoms with E-state index in [0.29, 0.717) is 21.7 Å². The van der Waals surface area contributed by atoms with Crippen LogP contribution in [-0.2, 0) is 11.3 Å². The Morgan fingerprint density at radius 3 is 2.70 bits per heavy atom. The van der Waals surface area contributed by atoms with Gasteiger partial charge in [-0.3, -0.25) is 14.2 Å². The highest BCUT2D eigenvalue weighted by Crippen LogP contribution is 2.20. The molecule has 1 aromatic carbocycles. The van der Waals surface area contributed by atoms with Gasteiger partial charge in [-0.1, -0.05) is 0 Å². The van der Waals surface area contributed by atoms with Crippen LogP contribution in [0.1, 0.15) is 10.7 Å². The van der Waals surface area contributed by atoms with Crippen LogP contribution in [0, 0.1) is 19.7 Å². The van der Waals surface area contributed by atoms with Crippen molar-refractivity contribution in [3.8, 4) is 0 Å². The van der Waals surface area contributed by atoms with Crippen LogP contribution in [0.5, 0.6) is 0 Å². The molecule has 0 fully saturated rings. The zero-order chi connectivity index (χ0) is 16.6. The average molecular weight is 331 g/mol. The summed E-state index contributed by atoms with van der Waals surface area (Å²) < 4.78 is 14.2. The summed E-state index contributed by atoms with van der Waals surface area (Å²) >= 11 is 1.45. The van der Waals surface area contributed by atoms with Gasteiger partial charge < -0.3 is 5.32 Å². The molecule has 2 heterocycles. The van der Waals surface area contributed by atoms with Crippen LogP contribution < -0.4 is 10.9 Å². The van der Waals surface area contributed by atoms with Crippen molar-refractivity contribution in [1.82, 2.24) is 9.55 Å². The molecule has 1 amide bonds. The molecule has 7 heteroatoms. The van der Waals surface area contributed by atoms with Crippen LogP contribution in [0.15, 0.2) is 35.1 Å². The zero-order valence-electron chi connectivity index (χ0n) is 12.6. The van der Waals surface area contributed by atoms with Crippen molar-refractivity contribution in [2.45, 2.75) is 20.4 Å². The Kier molecular flexibility index (Phi) is 3.96. The van der Waals surface area contributed by atoms with E-state index in [-0.39, 0.29) is 23.8 Å². The lowest BCUT2D eigenvalue weighted by Crippen LogP contribution is -2.29. The molecule has 23 heavy (non-hydrogen) atoms. The van der Waals surface area contributed by atoms with Crippen molar-refractivity contribution in [2.75, 3.05) is 5.32 Å². The maximum atomic E-state index is 12.9. The number of hydrogen-bond donors (Lipinski definition) is 1. The number of rotatable bonds is 3. The van der Waals surface area contributed by atoms with E-state index in [0.717, 1.165) is 4.88 Å². The molecule has 0 aliphatic carbocycles. The number of nitrogens with zero attached hydrogens (tertiary/aromatic N) is 2. The third-order valence-electron chi connectivity index (χ3n) is 3.39. The highest BCUT2D eigenvalue weighted by molar-refractivity contribution is 7.18. The number of nitrogens with one attached hydrogen (secondary N) is 1. The van der Waals surface area contributed by atoms with Crippen molar-refractivity contribution in [1.29, 1.82) is 0 Å². The predicted octanol–water partition coefficient (Wildman–Crippen LogP) is 2.85. The fraction of sp³-hybridized carbons (Fsp3) is 0.188. The molecule has 0 radical (unpaired) electrons. The van der Waals surface area contributed by atoms with Gasteiger partial charge in [0, 0.05) is 10.6 Å². The second-order valence-electron chi connectivity index (χ2n) is 5.18. The minimum atomic E-state index is -0.377. The van der Waals surface area contributed by atoms with Crippen molar-refractivity contribution in [2.24, 2.45) is 0 Å². The maximum absolute atomic E-state index is 12.9. The number of fused-ring (bicyclic) bond motifs is 1. The van der Waals surface area contributed by atoms with E-state index in [1.807, 2.05) is 6.92 Å². The number of aryl methyl sites for hydroxylation is 2. The number of halogens is 1. The molecule has 0 aliphatic rings. The van der Waals surface area contributed by atoms with Crippen LogP contribution in [-0.4, -0.2) is 15.5 Å². The van der Waals surface area contributed by atoms with Gasteiger partial charge in [-0.2, -0.15) is 0 Å². The van der Waals surface area contributed by atoms with E-state index in [4.69, 9.17) is 0 Å². The van der Waals surface area contributed by atoms with Gasteiger partial charge in [0.05, 0.1) is 5.39 Å². The monoisotopic (exact) mass is 331 g/mol. The van der Waals surface area contributed by atoms with E-state index in [9.17, 15) is 14.0 Å². The van der Waals surface area contributed by atoms with Gasteiger partial charge in [0.15, 0.2) is 0 Å². The van der Waals surface area contributed by atoms with Gasteiger partial charge in [-0.25, -0.2) is 9.37 Å². The summed E-state index contributed by atoms with van der Waals surface area (Å²) in [5, 5.41) is 3.16. The Hall–Kier alpha value is -2.54. The Balaban J connectivity index is 1.87. The molecule has 0 bridgehead atoms. The van der Waals surface area contributed by atoms with Crippen molar-refractivity contribution in [3.05, 3.63) is 57.2 Å². The Morgan fingerprint density at radius 1 is 1.30 bits per heavy atom. The van der Waals surface area contributed by atoms with Crippen molar-refractivity contribution in [3.63, 3.8) is 0 Å². The lowest BCUT2D eigenvalue weighted by atomic mass is 10.3. The smallest absolute Gasteiger partial charge is 0.262 e. The minimum absolute atomic E-state index is 0.139. The average Bonchev–Trinajstić information content (AvgIpc) is 2.86. The second-order valence-corrected chi connectivity index (χ2v) is 6.42. The molecule has 0 unspecified atom stereocenters. The van der Waals surface area contributed by atoms with Crippen LogP contribution >= 0.6 is 11.3 Å². The second kappa shape index (κ2) is 5.92. The largest absolute Gasteiger partial charge is 0.325 e. The van der Waals surface area contributed by atoms with Gasteiger partial charge >= 0.3 is 0 Å². The molecule has 5 nitrogen and oxygen atoms in total. The molecule has 3 rings (SSSR count). The quantitative estimate of drug-likeness (QED) is 0.803. The lowest BCUT2D eigenvalue weighted by molar-refractivity contribution is -0.116. The third-order valence-corrected chi connectivity index (χ3v) is 4.34. The van der Waals surface area contributed by atoms with Crippen molar-refractivity contribution < 1.29 is 9.18 Å². The number of amides is 1. The summed E-state index contributed by atoms with van der Waals surface area (Å²) in [5.74, 6) is -0.258. The number of carbonyl (C=O) groups excluding carboxylic acids is 1. The fourth-order valence-electron chi connectivity index (χ4n) is 2.30. The molecular formula is C16H14FN3O2S. The van der Waals surface area contributed by atoms with E-state index in [2.05, 4.69) is 10.3 Å². The fourth-order valence-corrected chi connectivity index (χ4v) is 3.22. The summed E-state index contributed by atoms with van der Waals surface area (Å²) in [6.07, 6.45) is 0. The maximum Gasteiger partial charge on any atom is 0.262 e. The molecule has 0 saturated carbocycles. The Morgan fingerprint density at radius 2 is 2.00 bits per heavy atom. The first-order valence-corrected chi connectivity index (χ1v) is 7.78. The molecule has 118 valence electrons. The van der Waals surface area contributed by atoms with E-state index in [1.165, 1.54) is 40.2 Å². The Labute approximate surface area is 135 Å². The van der Waals surface area contributed by atoms with Gasteiger partial charge in [0.2, 0.25) is 5.91 Å². The van der Waals surface area contributed by atoms with Gasteiger partial charge in [-0.05, 0) is 44.2 Å². The van der Waals surface area contributed by atoms with Crippen LogP contribution in [0.3, 0.4) is 0 Å². The normalized spacial score (nSPS) is 10.9. The predicted molar refractivity (Wildman–Crippen MR) is 88.4 cm³/mol. The topological polar surface area (TPSA) is 64.0 Å². The van der Waals surface area contributed by atoms with Crippen LogP contribution in [0.2, 0.25) is 0 Å². The van der Waals surface area contributed by atoms with Gasteiger partial charge in [0.1, 0.15) is 23.0 Å². The molecule has 1 N–H and O–H groups in total. The number of thiophene rings is 1. The summed E-state index contributed by atoms with van der Waals surface area (Å²) in [5.41, 5.74) is 0.244.